The third-order valence-corrected chi connectivity index (χ3v) is 6.44. The molecule has 0 aliphatic carbocycles. The zero-order valence-corrected chi connectivity index (χ0v) is 18.9. The van der Waals surface area contributed by atoms with Gasteiger partial charge in [0.1, 0.15) is 17.3 Å². The SMILES string of the molecule is COc1ccc(CN2C(=O)C(=O)/C(=C(\O)c3cc(Cl)ccc3OC)C2c2cccs2)cc1. The summed E-state index contributed by atoms with van der Waals surface area (Å²) in [6, 6.07) is 14.9. The lowest BCUT2D eigenvalue weighted by Crippen LogP contribution is -2.28. The number of benzene rings is 2. The van der Waals surface area contributed by atoms with E-state index in [1.54, 1.807) is 31.4 Å². The lowest BCUT2D eigenvalue weighted by atomic mass is 9.99. The third kappa shape index (κ3) is 3.97. The minimum atomic E-state index is -0.753. The fraction of sp³-hybridized carbons (Fsp3) is 0.167. The number of ketones is 1. The number of amides is 1. The minimum absolute atomic E-state index is 0.00604. The summed E-state index contributed by atoms with van der Waals surface area (Å²) in [5.74, 6) is -0.714. The second kappa shape index (κ2) is 9.06. The lowest BCUT2D eigenvalue weighted by molar-refractivity contribution is -0.140. The minimum Gasteiger partial charge on any atom is -0.507 e. The highest BCUT2D eigenvalue weighted by atomic mass is 35.5. The van der Waals surface area contributed by atoms with E-state index in [0.717, 1.165) is 10.4 Å². The number of hydrogen-bond acceptors (Lipinski definition) is 6. The van der Waals surface area contributed by atoms with E-state index in [1.807, 2.05) is 29.6 Å². The molecule has 2 aromatic carbocycles. The predicted molar refractivity (Wildman–Crippen MR) is 123 cm³/mol. The zero-order valence-electron chi connectivity index (χ0n) is 17.4. The lowest BCUT2D eigenvalue weighted by Gasteiger charge is -2.24. The monoisotopic (exact) mass is 469 g/mol. The fourth-order valence-corrected chi connectivity index (χ4v) is 4.74. The van der Waals surface area contributed by atoms with Crippen molar-refractivity contribution in [3.8, 4) is 11.5 Å². The summed E-state index contributed by atoms with van der Waals surface area (Å²) in [7, 11) is 3.04. The Balaban J connectivity index is 1.83. The number of nitrogens with zero attached hydrogens (tertiary/aromatic N) is 1. The first-order valence-electron chi connectivity index (χ1n) is 9.73. The number of likely N-dealkylation sites (tertiary alicyclic amines) is 1. The Morgan fingerprint density at radius 2 is 1.84 bits per heavy atom. The summed E-state index contributed by atoms with van der Waals surface area (Å²) >= 11 is 7.53. The molecule has 2 heterocycles. The molecule has 1 unspecified atom stereocenters. The highest BCUT2D eigenvalue weighted by Crippen LogP contribution is 2.43. The topological polar surface area (TPSA) is 76.1 Å². The van der Waals surface area contributed by atoms with Crippen molar-refractivity contribution in [2.45, 2.75) is 12.6 Å². The van der Waals surface area contributed by atoms with Gasteiger partial charge in [-0.25, -0.2) is 0 Å². The summed E-state index contributed by atoms with van der Waals surface area (Å²) in [5.41, 5.74) is 1.09. The summed E-state index contributed by atoms with van der Waals surface area (Å²) in [4.78, 5) is 28.4. The number of thiophene rings is 1. The van der Waals surface area contributed by atoms with E-state index < -0.39 is 17.7 Å². The van der Waals surface area contributed by atoms with Gasteiger partial charge in [-0.3, -0.25) is 9.59 Å². The van der Waals surface area contributed by atoms with E-state index in [0.29, 0.717) is 16.5 Å². The van der Waals surface area contributed by atoms with E-state index in [1.165, 1.54) is 29.4 Å². The number of halogens is 1. The Kier molecular flexibility index (Phi) is 6.21. The van der Waals surface area contributed by atoms with E-state index >= 15 is 0 Å². The van der Waals surface area contributed by atoms with Crippen LogP contribution in [0.25, 0.3) is 5.76 Å². The second-order valence-electron chi connectivity index (χ2n) is 7.14. The first-order valence-corrected chi connectivity index (χ1v) is 11.0. The van der Waals surface area contributed by atoms with Gasteiger partial charge in [0.05, 0.1) is 31.4 Å². The molecule has 6 nitrogen and oxygen atoms in total. The number of Topliss-reactive ketones (excluding diaryl/α,β-unsaturated/α-hetero) is 1. The second-order valence-corrected chi connectivity index (χ2v) is 8.55. The van der Waals surface area contributed by atoms with E-state index in [9.17, 15) is 14.7 Å². The molecule has 0 saturated carbocycles. The molecular weight excluding hydrogens is 450 g/mol. The molecule has 1 aromatic heterocycles. The van der Waals surface area contributed by atoms with Crippen LogP contribution in [0.4, 0.5) is 0 Å². The molecule has 1 aliphatic heterocycles. The van der Waals surface area contributed by atoms with Crippen LogP contribution < -0.4 is 9.47 Å². The van der Waals surface area contributed by atoms with Crippen molar-refractivity contribution in [3.05, 3.63) is 86.6 Å². The van der Waals surface area contributed by atoms with Gasteiger partial charge >= 0.3 is 0 Å². The highest BCUT2D eigenvalue weighted by molar-refractivity contribution is 7.10. The smallest absolute Gasteiger partial charge is 0.295 e. The number of aliphatic hydroxyl groups excluding tert-OH is 1. The number of aliphatic hydroxyl groups is 1. The average Bonchev–Trinajstić information content (AvgIpc) is 3.42. The van der Waals surface area contributed by atoms with Crippen molar-refractivity contribution in [2.24, 2.45) is 0 Å². The molecule has 1 amide bonds. The average molecular weight is 470 g/mol. The molecule has 1 fully saturated rings. The molecule has 164 valence electrons. The molecule has 1 aliphatic rings. The van der Waals surface area contributed by atoms with Crippen LogP contribution in [0.5, 0.6) is 11.5 Å². The molecular formula is C24H20ClNO5S. The summed E-state index contributed by atoms with van der Waals surface area (Å²) in [5, 5.41) is 13.4. The van der Waals surface area contributed by atoms with Crippen molar-refractivity contribution in [1.82, 2.24) is 4.90 Å². The van der Waals surface area contributed by atoms with Crippen LogP contribution in [0.3, 0.4) is 0 Å². The molecule has 1 atom stereocenters. The first-order chi connectivity index (χ1) is 15.4. The van der Waals surface area contributed by atoms with Gasteiger partial charge in [-0.15, -0.1) is 11.3 Å². The number of rotatable bonds is 6. The van der Waals surface area contributed by atoms with Gasteiger partial charge in [0.2, 0.25) is 0 Å². The first kappa shape index (κ1) is 21.9. The van der Waals surface area contributed by atoms with Crippen molar-refractivity contribution >= 4 is 40.4 Å². The highest BCUT2D eigenvalue weighted by Gasteiger charge is 2.46. The third-order valence-electron chi connectivity index (χ3n) is 5.28. The molecule has 1 saturated heterocycles. The Bertz CT molecular complexity index is 1190. The van der Waals surface area contributed by atoms with Crippen LogP contribution in [-0.2, 0) is 16.1 Å². The molecule has 32 heavy (non-hydrogen) atoms. The standard InChI is InChI=1S/C24H20ClNO5S/c1-30-16-8-5-14(6-9-16)13-26-21(19-4-3-11-32-19)20(23(28)24(26)29)22(27)17-12-15(25)7-10-18(17)31-2/h3-12,21,27H,13H2,1-2H3/b22-20-. The Morgan fingerprint density at radius 3 is 2.47 bits per heavy atom. The summed E-state index contributed by atoms with van der Waals surface area (Å²) in [6.07, 6.45) is 0. The Morgan fingerprint density at radius 1 is 1.09 bits per heavy atom. The van der Waals surface area contributed by atoms with Gasteiger partial charge in [0.15, 0.2) is 0 Å². The van der Waals surface area contributed by atoms with Crippen molar-refractivity contribution in [1.29, 1.82) is 0 Å². The number of carbonyl (C=O) groups is 2. The van der Waals surface area contributed by atoms with Gasteiger partial charge in [0, 0.05) is 16.4 Å². The van der Waals surface area contributed by atoms with Crippen LogP contribution in [0.15, 0.2) is 65.6 Å². The molecule has 3 aromatic rings. The van der Waals surface area contributed by atoms with Crippen molar-refractivity contribution < 1.29 is 24.2 Å². The zero-order chi connectivity index (χ0) is 22.8. The molecule has 0 radical (unpaired) electrons. The van der Waals surface area contributed by atoms with Crippen LogP contribution >= 0.6 is 22.9 Å². The van der Waals surface area contributed by atoms with Gasteiger partial charge in [-0.1, -0.05) is 29.8 Å². The number of methoxy groups -OCH3 is 2. The van der Waals surface area contributed by atoms with Gasteiger partial charge in [-0.2, -0.15) is 0 Å². The van der Waals surface area contributed by atoms with Crippen LogP contribution in [0.1, 0.15) is 22.0 Å². The van der Waals surface area contributed by atoms with Crippen LogP contribution in [0, 0.1) is 0 Å². The molecule has 4 rings (SSSR count). The van der Waals surface area contributed by atoms with Gasteiger partial charge < -0.3 is 19.5 Å². The maximum atomic E-state index is 13.1. The fourth-order valence-electron chi connectivity index (χ4n) is 3.72. The van der Waals surface area contributed by atoms with E-state index in [2.05, 4.69) is 0 Å². The van der Waals surface area contributed by atoms with Gasteiger partial charge in [-0.05, 0) is 47.3 Å². The predicted octanol–water partition coefficient (Wildman–Crippen LogP) is 5.04. The number of ether oxygens (including phenoxy) is 2. The molecule has 0 spiro atoms. The van der Waals surface area contributed by atoms with Crippen molar-refractivity contribution in [2.75, 3.05) is 14.2 Å². The molecule has 1 N–H and O–H groups in total. The van der Waals surface area contributed by atoms with Gasteiger partial charge in [0.25, 0.3) is 11.7 Å². The Labute approximate surface area is 194 Å². The maximum absolute atomic E-state index is 13.1. The number of carbonyl (C=O) groups excluding carboxylic acids is 2. The van der Waals surface area contributed by atoms with E-state index in [-0.39, 0.29) is 23.4 Å². The normalized spacial score (nSPS) is 17.6. The largest absolute Gasteiger partial charge is 0.507 e. The molecule has 8 heteroatoms. The maximum Gasteiger partial charge on any atom is 0.295 e. The number of hydrogen-bond donors (Lipinski definition) is 1. The van der Waals surface area contributed by atoms with Crippen molar-refractivity contribution in [3.63, 3.8) is 0 Å². The van der Waals surface area contributed by atoms with E-state index in [4.69, 9.17) is 21.1 Å². The summed E-state index contributed by atoms with van der Waals surface area (Å²) in [6.45, 7) is 0.195. The van der Waals surface area contributed by atoms with Crippen LogP contribution in [0.2, 0.25) is 5.02 Å². The van der Waals surface area contributed by atoms with Crippen LogP contribution in [-0.4, -0.2) is 35.9 Å². The Hall–Kier alpha value is -3.29. The summed E-state index contributed by atoms with van der Waals surface area (Å²) < 4.78 is 10.5. The molecule has 0 bridgehead atoms. The quantitative estimate of drug-likeness (QED) is 0.311.